The average Bonchev–Trinajstić information content (AvgIpc) is 2.68. The second-order valence-electron chi connectivity index (χ2n) is 4.06. The molecule has 0 aliphatic heterocycles. The number of nitrogens with zero attached hydrogens (tertiary/aromatic N) is 3. The third-order valence-corrected chi connectivity index (χ3v) is 2.64. The fourth-order valence-corrected chi connectivity index (χ4v) is 1.48. The molecule has 6 heteroatoms. The van der Waals surface area contributed by atoms with Crippen LogP contribution in [0.2, 0.25) is 0 Å². The van der Waals surface area contributed by atoms with Crippen molar-refractivity contribution in [2.75, 3.05) is 13.6 Å². The summed E-state index contributed by atoms with van der Waals surface area (Å²) in [6.45, 7) is 3.15. The van der Waals surface area contributed by atoms with E-state index in [1.54, 1.807) is 22.8 Å². The van der Waals surface area contributed by atoms with Gasteiger partial charge in [-0.1, -0.05) is 12.2 Å². The first-order valence-electron chi connectivity index (χ1n) is 5.50. The number of rotatable bonds is 6. The molecule has 5 nitrogen and oxygen atoms in total. The fraction of sp³-hybridized carbons (Fsp3) is 0.545. The van der Waals surface area contributed by atoms with Crippen LogP contribution in [0.4, 0.5) is 0 Å². The van der Waals surface area contributed by atoms with Gasteiger partial charge in [0, 0.05) is 39.2 Å². The molecule has 0 aromatic carbocycles. The van der Waals surface area contributed by atoms with Crippen molar-refractivity contribution in [2.45, 2.75) is 26.3 Å². The van der Waals surface area contributed by atoms with Gasteiger partial charge in [-0.2, -0.15) is 5.10 Å². The Morgan fingerprint density at radius 3 is 2.82 bits per heavy atom. The van der Waals surface area contributed by atoms with Gasteiger partial charge in [0.1, 0.15) is 0 Å². The van der Waals surface area contributed by atoms with Crippen LogP contribution in [0.15, 0.2) is 12.4 Å². The lowest BCUT2D eigenvalue weighted by Crippen LogP contribution is -2.30. The zero-order valence-electron chi connectivity index (χ0n) is 10.2. The number of nitrogens with two attached hydrogens (primary N) is 1. The van der Waals surface area contributed by atoms with E-state index in [9.17, 15) is 4.79 Å². The fourth-order valence-electron chi connectivity index (χ4n) is 1.39. The van der Waals surface area contributed by atoms with Crippen LogP contribution >= 0.6 is 12.2 Å². The van der Waals surface area contributed by atoms with Crippen LogP contribution in [-0.4, -0.2) is 39.2 Å². The molecule has 1 aromatic rings. The van der Waals surface area contributed by atoms with Gasteiger partial charge in [-0.3, -0.25) is 9.48 Å². The Hall–Kier alpha value is -1.43. The van der Waals surface area contributed by atoms with Crippen molar-refractivity contribution >= 4 is 23.1 Å². The maximum Gasteiger partial charge on any atom is 0.224 e. The highest BCUT2D eigenvalue weighted by atomic mass is 32.1. The quantitative estimate of drug-likeness (QED) is 0.760. The first-order chi connectivity index (χ1) is 7.99. The first-order valence-corrected chi connectivity index (χ1v) is 5.91. The Kier molecular flexibility index (Phi) is 5.09. The highest BCUT2D eigenvalue weighted by Crippen LogP contribution is 1.99. The monoisotopic (exact) mass is 254 g/mol. The Morgan fingerprint density at radius 2 is 2.29 bits per heavy atom. The molecule has 0 unspecified atom stereocenters. The number of carbonyl (C=O) groups excluding carboxylic acids is 1. The summed E-state index contributed by atoms with van der Waals surface area (Å²) in [5.74, 6) is 0.0782. The van der Waals surface area contributed by atoms with E-state index in [-0.39, 0.29) is 5.91 Å². The molecule has 1 heterocycles. The predicted molar refractivity (Wildman–Crippen MR) is 70.6 cm³/mol. The molecule has 1 rings (SSSR count). The molecule has 0 aliphatic carbocycles. The highest BCUT2D eigenvalue weighted by molar-refractivity contribution is 7.80. The minimum Gasteiger partial charge on any atom is -0.393 e. The molecule has 0 saturated heterocycles. The highest BCUT2D eigenvalue weighted by Gasteiger charge is 2.09. The van der Waals surface area contributed by atoms with Crippen molar-refractivity contribution in [2.24, 2.45) is 5.73 Å². The van der Waals surface area contributed by atoms with Gasteiger partial charge in [-0.05, 0) is 12.5 Å². The van der Waals surface area contributed by atoms with E-state index in [1.807, 2.05) is 13.1 Å². The first kappa shape index (κ1) is 13.6. The zero-order chi connectivity index (χ0) is 12.8. The van der Waals surface area contributed by atoms with Gasteiger partial charge in [-0.25, -0.2) is 0 Å². The zero-order valence-corrected chi connectivity index (χ0v) is 11.0. The second kappa shape index (κ2) is 6.34. The minimum absolute atomic E-state index is 0.0782. The van der Waals surface area contributed by atoms with Gasteiger partial charge in [0.25, 0.3) is 0 Å². The molecule has 0 fully saturated rings. The molecule has 1 amide bonds. The van der Waals surface area contributed by atoms with E-state index in [1.165, 1.54) is 0 Å². The van der Waals surface area contributed by atoms with E-state index in [4.69, 9.17) is 18.0 Å². The van der Waals surface area contributed by atoms with Gasteiger partial charge in [0.2, 0.25) is 5.91 Å². The third-order valence-electron chi connectivity index (χ3n) is 2.44. The van der Waals surface area contributed by atoms with E-state index in [2.05, 4.69) is 5.10 Å². The van der Waals surface area contributed by atoms with Gasteiger partial charge in [-0.15, -0.1) is 0 Å². The molecule has 1 aromatic heterocycles. The number of carbonyl (C=O) groups is 1. The number of aryl methyl sites for hydroxylation is 2. The van der Waals surface area contributed by atoms with Crippen LogP contribution in [0.3, 0.4) is 0 Å². The summed E-state index contributed by atoms with van der Waals surface area (Å²) < 4.78 is 1.77. The van der Waals surface area contributed by atoms with Gasteiger partial charge in [0.15, 0.2) is 0 Å². The van der Waals surface area contributed by atoms with Crippen LogP contribution in [-0.2, 0) is 11.3 Å². The SMILES string of the molecule is Cc1cnn(CCC(=O)N(C)CCC(N)=S)c1. The Balaban J connectivity index is 2.31. The summed E-state index contributed by atoms with van der Waals surface area (Å²) in [5, 5.41) is 4.13. The summed E-state index contributed by atoms with van der Waals surface area (Å²) >= 11 is 4.77. The smallest absolute Gasteiger partial charge is 0.224 e. The number of hydrogen-bond donors (Lipinski definition) is 1. The van der Waals surface area contributed by atoms with E-state index in [0.717, 1.165) is 5.56 Å². The number of hydrogen-bond acceptors (Lipinski definition) is 3. The molecular formula is C11H18N4OS. The summed E-state index contributed by atoms with van der Waals surface area (Å²) in [6.07, 6.45) is 4.71. The normalized spacial score (nSPS) is 10.2. The molecule has 0 radical (unpaired) electrons. The Morgan fingerprint density at radius 1 is 1.59 bits per heavy atom. The van der Waals surface area contributed by atoms with Crippen molar-refractivity contribution in [1.29, 1.82) is 0 Å². The molecule has 0 bridgehead atoms. The van der Waals surface area contributed by atoms with Crippen LogP contribution in [0.5, 0.6) is 0 Å². The standard InChI is InChI=1S/C11H18N4OS/c1-9-7-13-15(8-9)6-4-11(16)14(2)5-3-10(12)17/h7-8H,3-6H2,1-2H3,(H2,12,17). The minimum atomic E-state index is 0.0782. The van der Waals surface area contributed by atoms with Crippen LogP contribution in [0.25, 0.3) is 0 Å². The van der Waals surface area contributed by atoms with Crippen molar-refractivity contribution in [3.63, 3.8) is 0 Å². The second-order valence-corrected chi connectivity index (χ2v) is 4.59. The lowest BCUT2D eigenvalue weighted by molar-refractivity contribution is -0.130. The summed E-state index contributed by atoms with van der Waals surface area (Å²) in [6, 6.07) is 0. The number of thiocarbonyl (C=S) groups is 1. The lowest BCUT2D eigenvalue weighted by Gasteiger charge is -2.16. The Labute approximate surface area is 107 Å². The van der Waals surface area contributed by atoms with Crippen molar-refractivity contribution in [1.82, 2.24) is 14.7 Å². The van der Waals surface area contributed by atoms with E-state index < -0.39 is 0 Å². The largest absolute Gasteiger partial charge is 0.393 e. The molecule has 17 heavy (non-hydrogen) atoms. The van der Waals surface area contributed by atoms with Crippen LogP contribution < -0.4 is 5.73 Å². The molecule has 94 valence electrons. The van der Waals surface area contributed by atoms with Crippen LogP contribution in [0.1, 0.15) is 18.4 Å². The molecular weight excluding hydrogens is 236 g/mol. The van der Waals surface area contributed by atoms with Gasteiger partial charge in [0.05, 0.1) is 11.2 Å². The van der Waals surface area contributed by atoms with Crippen molar-refractivity contribution in [3.05, 3.63) is 18.0 Å². The Bertz CT molecular complexity index is 402. The maximum atomic E-state index is 11.7. The lowest BCUT2D eigenvalue weighted by atomic mass is 10.3. The molecule has 0 atom stereocenters. The third kappa shape index (κ3) is 4.95. The van der Waals surface area contributed by atoms with Crippen molar-refractivity contribution < 1.29 is 4.79 Å². The summed E-state index contributed by atoms with van der Waals surface area (Å²) in [5.41, 5.74) is 6.48. The van der Waals surface area contributed by atoms with E-state index >= 15 is 0 Å². The molecule has 0 saturated carbocycles. The van der Waals surface area contributed by atoms with Crippen LogP contribution in [0, 0.1) is 6.92 Å². The van der Waals surface area contributed by atoms with Crippen molar-refractivity contribution in [3.8, 4) is 0 Å². The topological polar surface area (TPSA) is 64.2 Å². The molecule has 0 aliphatic rings. The molecule has 2 N–H and O–H groups in total. The number of amides is 1. The van der Waals surface area contributed by atoms with Gasteiger partial charge < -0.3 is 10.6 Å². The molecule has 0 spiro atoms. The van der Waals surface area contributed by atoms with E-state index in [0.29, 0.717) is 30.9 Å². The predicted octanol–water partition coefficient (Wildman–Crippen LogP) is 0.716. The van der Waals surface area contributed by atoms with Gasteiger partial charge >= 0.3 is 0 Å². The maximum absolute atomic E-state index is 11.7. The number of aromatic nitrogens is 2. The summed E-state index contributed by atoms with van der Waals surface area (Å²) in [7, 11) is 1.76. The average molecular weight is 254 g/mol. The summed E-state index contributed by atoms with van der Waals surface area (Å²) in [4.78, 5) is 13.8.